The number of nitrogens with one attached hydrogen (secondary N) is 1. The first-order valence-electron chi connectivity index (χ1n) is 8.94. The van der Waals surface area contributed by atoms with E-state index in [4.69, 9.17) is 10.5 Å². The number of anilines is 1. The molecule has 0 spiro atoms. The maximum Gasteiger partial charge on any atom is 0.317 e. The first kappa shape index (κ1) is 20.4. The van der Waals surface area contributed by atoms with Gasteiger partial charge < -0.3 is 15.8 Å². The second-order valence-corrected chi connectivity index (χ2v) is 7.41. The Morgan fingerprint density at radius 1 is 1.00 bits per heavy atom. The van der Waals surface area contributed by atoms with Gasteiger partial charge in [-0.3, -0.25) is 14.4 Å². The molecule has 148 valence electrons. The smallest absolute Gasteiger partial charge is 0.317 e. The van der Waals surface area contributed by atoms with Crippen molar-refractivity contribution in [3.05, 3.63) is 72.3 Å². The molecule has 0 saturated carbocycles. The molecule has 0 fully saturated rings. The quantitative estimate of drug-likeness (QED) is 0.460. The summed E-state index contributed by atoms with van der Waals surface area (Å²) in [6.45, 7) is 1.51. The summed E-state index contributed by atoms with van der Waals surface area (Å²) >= 11 is 1.36. The third-order valence-electron chi connectivity index (χ3n) is 4.19. The maximum atomic E-state index is 12.2. The van der Waals surface area contributed by atoms with E-state index in [0.717, 1.165) is 15.7 Å². The number of rotatable bonds is 7. The van der Waals surface area contributed by atoms with Crippen LogP contribution in [0.5, 0.6) is 0 Å². The predicted octanol–water partition coefficient (Wildman–Crippen LogP) is 3.60. The average Bonchev–Trinajstić information content (AvgIpc) is 2.72. The second kappa shape index (κ2) is 9.25. The van der Waals surface area contributed by atoms with Crippen LogP contribution >= 0.6 is 11.8 Å². The third-order valence-corrected chi connectivity index (χ3v) is 5.16. The van der Waals surface area contributed by atoms with Gasteiger partial charge in [-0.2, -0.15) is 0 Å². The van der Waals surface area contributed by atoms with E-state index in [0.29, 0.717) is 11.3 Å². The summed E-state index contributed by atoms with van der Waals surface area (Å²) < 4.78 is 5.21. The van der Waals surface area contributed by atoms with Crippen LogP contribution in [-0.4, -0.2) is 29.6 Å². The van der Waals surface area contributed by atoms with Crippen LogP contribution in [0.3, 0.4) is 0 Å². The van der Waals surface area contributed by atoms with Gasteiger partial charge in [-0.05, 0) is 54.1 Å². The number of hydrogen-bond donors (Lipinski definition) is 2. The van der Waals surface area contributed by atoms with Crippen LogP contribution in [0.1, 0.15) is 17.3 Å². The van der Waals surface area contributed by atoms with Gasteiger partial charge in [0.05, 0.1) is 5.75 Å². The Morgan fingerprint density at radius 3 is 2.38 bits per heavy atom. The van der Waals surface area contributed by atoms with Crippen LogP contribution in [0.4, 0.5) is 5.69 Å². The minimum Gasteiger partial charge on any atom is -0.452 e. The van der Waals surface area contributed by atoms with Crippen molar-refractivity contribution >= 4 is 46.0 Å². The van der Waals surface area contributed by atoms with E-state index in [2.05, 4.69) is 5.32 Å². The molecular formula is C22H20N2O4S. The molecule has 0 aliphatic carbocycles. The minimum atomic E-state index is -0.949. The number of esters is 1. The summed E-state index contributed by atoms with van der Waals surface area (Å²) in [4.78, 5) is 36.3. The molecule has 2 amide bonds. The molecule has 0 bridgehead atoms. The molecule has 0 radical (unpaired) electrons. The number of carbonyl (C=O) groups excluding carboxylic acids is 3. The molecule has 1 atom stereocenters. The van der Waals surface area contributed by atoms with Gasteiger partial charge in [0.15, 0.2) is 6.10 Å². The topological polar surface area (TPSA) is 98.5 Å². The molecule has 3 aromatic rings. The lowest BCUT2D eigenvalue weighted by Gasteiger charge is -2.13. The molecule has 0 aliphatic heterocycles. The Kier molecular flexibility index (Phi) is 6.51. The van der Waals surface area contributed by atoms with E-state index in [-0.39, 0.29) is 5.75 Å². The molecule has 3 rings (SSSR count). The highest BCUT2D eigenvalue weighted by Crippen LogP contribution is 2.23. The fraction of sp³-hybridized carbons (Fsp3) is 0.136. The zero-order valence-corrected chi connectivity index (χ0v) is 16.6. The SMILES string of the molecule is C[C@H](OC(=O)CSc1ccc2ccccc2c1)C(=O)Nc1ccc(C(N)=O)cc1. The van der Waals surface area contributed by atoms with Crippen LogP contribution in [0.15, 0.2) is 71.6 Å². The fourth-order valence-electron chi connectivity index (χ4n) is 2.65. The lowest BCUT2D eigenvalue weighted by atomic mass is 10.1. The lowest BCUT2D eigenvalue weighted by molar-refractivity contribution is -0.150. The van der Waals surface area contributed by atoms with Crippen molar-refractivity contribution in [2.75, 3.05) is 11.1 Å². The summed E-state index contributed by atoms with van der Waals surface area (Å²) in [5, 5.41) is 4.86. The van der Waals surface area contributed by atoms with E-state index in [1.165, 1.54) is 30.8 Å². The number of amides is 2. The van der Waals surface area contributed by atoms with Crippen LogP contribution in [0.25, 0.3) is 10.8 Å². The molecule has 0 unspecified atom stereocenters. The first-order chi connectivity index (χ1) is 13.9. The van der Waals surface area contributed by atoms with Gasteiger partial charge >= 0.3 is 5.97 Å². The van der Waals surface area contributed by atoms with E-state index in [1.54, 1.807) is 12.1 Å². The van der Waals surface area contributed by atoms with Crippen LogP contribution in [0, 0.1) is 0 Å². The van der Waals surface area contributed by atoms with E-state index < -0.39 is 23.9 Å². The molecule has 0 saturated heterocycles. The monoisotopic (exact) mass is 408 g/mol. The van der Waals surface area contributed by atoms with Crippen molar-refractivity contribution in [1.82, 2.24) is 0 Å². The number of hydrogen-bond acceptors (Lipinski definition) is 5. The highest BCUT2D eigenvalue weighted by Gasteiger charge is 2.18. The molecule has 7 heteroatoms. The number of nitrogens with two attached hydrogens (primary N) is 1. The number of carbonyl (C=O) groups is 3. The van der Waals surface area contributed by atoms with E-state index >= 15 is 0 Å². The summed E-state index contributed by atoms with van der Waals surface area (Å²) in [5.41, 5.74) is 6.00. The summed E-state index contributed by atoms with van der Waals surface area (Å²) in [6, 6.07) is 20.1. The van der Waals surface area contributed by atoms with Crippen LogP contribution in [-0.2, 0) is 14.3 Å². The number of primary amides is 1. The number of fused-ring (bicyclic) bond motifs is 1. The Bertz CT molecular complexity index is 1050. The van der Waals surface area contributed by atoms with Crippen molar-refractivity contribution in [3.8, 4) is 0 Å². The lowest BCUT2D eigenvalue weighted by Crippen LogP contribution is -2.30. The standard InChI is InChI=1S/C22H20N2O4S/c1-14(22(27)24-18-9-6-16(7-10-18)21(23)26)28-20(25)13-29-19-11-8-15-4-2-3-5-17(15)12-19/h2-12,14H,13H2,1H3,(H2,23,26)(H,24,27)/t14-/m0/s1. The molecule has 0 aliphatic rings. The Morgan fingerprint density at radius 2 is 1.69 bits per heavy atom. The van der Waals surface area contributed by atoms with Crippen molar-refractivity contribution < 1.29 is 19.1 Å². The highest BCUT2D eigenvalue weighted by atomic mass is 32.2. The van der Waals surface area contributed by atoms with Gasteiger partial charge in [0.2, 0.25) is 5.91 Å². The van der Waals surface area contributed by atoms with Crippen LogP contribution < -0.4 is 11.1 Å². The van der Waals surface area contributed by atoms with E-state index in [9.17, 15) is 14.4 Å². The Labute approximate surface area is 172 Å². The zero-order valence-electron chi connectivity index (χ0n) is 15.8. The van der Waals surface area contributed by atoms with Gasteiger partial charge in [0.25, 0.3) is 5.91 Å². The van der Waals surface area contributed by atoms with Crippen molar-refractivity contribution in [2.45, 2.75) is 17.9 Å². The fourth-order valence-corrected chi connectivity index (χ4v) is 3.37. The first-order valence-corrected chi connectivity index (χ1v) is 9.93. The van der Waals surface area contributed by atoms with Gasteiger partial charge in [-0.15, -0.1) is 11.8 Å². The minimum absolute atomic E-state index is 0.100. The maximum absolute atomic E-state index is 12.2. The molecule has 0 heterocycles. The summed E-state index contributed by atoms with van der Waals surface area (Å²) in [7, 11) is 0. The number of benzene rings is 3. The largest absolute Gasteiger partial charge is 0.452 e. The third kappa shape index (κ3) is 5.58. The molecule has 3 aromatic carbocycles. The normalized spacial score (nSPS) is 11.6. The second-order valence-electron chi connectivity index (χ2n) is 6.36. The molecular weight excluding hydrogens is 388 g/mol. The number of ether oxygens (including phenoxy) is 1. The van der Waals surface area contributed by atoms with Crippen molar-refractivity contribution in [1.29, 1.82) is 0 Å². The van der Waals surface area contributed by atoms with Gasteiger partial charge in [0.1, 0.15) is 0 Å². The molecule has 0 aromatic heterocycles. The van der Waals surface area contributed by atoms with Gasteiger partial charge in [-0.25, -0.2) is 0 Å². The summed E-state index contributed by atoms with van der Waals surface area (Å²) in [5.74, 6) is -1.38. The number of thioether (sulfide) groups is 1. The van der Waals surface area contributed by atoms with Gasteiger partial charge in [0, 0.05) is 16.1 Å². The predicted molar refractivity (Wildman–Crippen MR) is 114 cm³/mol. The van der Waals surface area contributed by atoms with Gasteiger partial charge in [-0.1, -0.05) is 30.3 Å². The van der Waals surface area contributed by atoms with Crippen LogP contribution in [0.2, 0.25) is 0 Å². The molecule has 29 heavy (non-hydrogen) atoms. The zero-order chi connectivity index (χ0) is 20.8. The molecule has 3 N–H and O–H groups in total. The van der Waals surface area contributed by atoms with Crippen molar-refractivity contribution in [3.63, 3.8) is 0 Å². The average molecular weight is 408 g/mol. The Balaban J connectivity index is 1.49. The Hall–Kier alpha value is -3.32. The highest BCUT2D eigenvalue weighted by molar-refractivity contribution is 8.00. The van der Waals surface area contributed by atoms with Crippen molar-refractivity contribution in [2.24, 2.45) is 5.73 Å². The van der Waals surface area contributed by atoms with E-state index in [1.807, 2.05) is 42.5 Å². The molecule has 6 nitrogen and oxygen atoms in total. The summed E-state index contributed by atoms with van der Waals surface area (Å²) in [6.07, 6.45) is -0.949.